The van der Waals surface area contributed by atoms with Crippen LogP contribution in [0.5, 0.6) is 5.75 Å². The summed E-state index contributed by atoms with van der Waals surface area (Å²) in [6.45, 7) is 3.11. The Kier molecular flexibility index (Phi) is 5.94. The van der Waals surface area contributed by atoms with Gasteiger partial charge in [-0.1, -0.05) is 11.6 Å². The highest BCUT2D eigenvalue weighted by molar-refractivity contribution is 6.33. The van der Waals surface area contributed by atoms with Gasteiger partial charge in [-0.15, -0.1) is 0 Å². The lowest BCUT2D eigenvalue weighted by Gasteiger charge is -2.27. The third kappa shape index (κ3) is 4.19. The van der Waals surface area contributed by atoms with Gasteiger partial charge in [0.1, 0.15) is 18.2 Å². The number of hydrogen-bond donors (Lipinski definition) is 0. The van der Waals surface area contributed by atoms with Gasteiger partial charge in [0.15, 0.2) is 0 Å². The lowest BCUT2D eigenvalue weighted by atomic mass is 10.1. The number of hydrogen-bond acceptors (Lipinski definition) is 4. The van der Waals surface area contributed by atoms with Crippen molar-refractivity contribution in [3.8, 4) is 16.9 Å². The summed E-state index contributed by atoms with van der Waals surface area (Å²) in [5.41, 5.74) is 2.01. The molecule has 0 atom stereocenters. The Morgan fingerprint density at radius 3 is 2.75 bits per heavy atom. The molecule has 2 aromatic rings. The molecule has 1 radical (unpaired) electrons. The van der Waals surface area contributed by atoms with Crippen LogP contribution in [0.25, 0.3) is 11.1 Å². The molecule has 0 bridgehead atoms. The molecule has 5 heteroatoms. The van der Waals surface area contributed by atoms with Crippen molar-refractivity contribution in [1.82, 2.24) is 4.98 Å². The number of piperidine rings is 1. The van der Waals surface area contributed by atoms with E-state index in [1.165, 1.54) is 0 Å². The van der Waals surface area contributed by atoms with Crippen LogP contribution in [0.3, 0.4) is 0 Å². The summed E-state index contributed by atoms with van der Waals surface area (Å²) < 4.78 is 10.7. The Hall–Kier alpha value is -1.78. The summed E-state index contributed by atoms with van der Waals surface area (Å²) in [5, 5.41) is 0.707. The van der Waals surface area contributed by atoms with Crippen LogP contribution >= 0.6 is 11.6 Å². The fourth-order valence-corrected chi connectivity index (χ4v) is 3.02. The summed E-state index contributed by atoms with van der Waals surface area (Å²) in [4.78, 5) is 6.84. The first-order valence-electron chi connectivity index (χ1n) is 8.22. The molecule has 1 aliphatic heterocycles. The van der Waals surface area contributed by atoms with Gasteiger partial charge in [-0.2, -0.15) is 0 Å². The van der Waals surface area contributed by atoms with Crippen molar-refractivity contribution in [2.24, 2.45) is 0 Å². The number of benzene rings is 1. The van der Waals surface area contributed by atoms with E-state index in [4.69, 9.17) is 21.1 Å². The van der Waals surface area contributed by atoms with Crippen molar-refractivity contribution < 1.29 is 9.47 Å². The Morgan fingerprint density at radius 2 is 1.96 bits per heavy atom. The second kappa shape index (κ2) is 8.36. The minimum atomic E-state index is 0.517. The zero-order chi connectivity index (χ0) is 16.8. The predicted octanol–water partition coefficient (Wildman–Crippen LogP) is 4.23. The SMILES string of the molecule is COCCOc1ccc(Cl)c(-c2ccnc(N3CC[CH]CC3)c2)c1. The van der Waals surface area contributed by atoms with E-state index < -0.39 is 0 Å². The van der Waals surface area contributed by atoms with Crippen LogP contribution in [-0.2, 0) is 4.74 Å². The number of halogens is 1. The molecule has 0 unspecified atom stereocenters. The third-order valence-electron chi connectivity index (χ3n) is 4.08. The lowest BCUT2D eigenvalue weighted by molar-refractivity contribution is 0.146. The molecular formula is C19H22ClN2O2. The zero-order valence-electron chi connectivity index (χ0n) is 13.9. The molecule has 0 spiro atoms. The largest absolute Gasteiger partial charge is 0.491 e. The standard InChI is InChI=1S/C19H22ClN2O2/c1-23-11-12-24-16-5-6-18(20)17(14-16)15-7-8-21-19(13-15)22-9-3-2-4-10-22/h2,5-8,13-14H,3-4,9-12H2,1H3. The van der Waals surface area contributed by atoms with Gasteiger partial charge in [-0.25, -0.2) is 4.98 Å². The summed E-state index contributed by atoms with van der Waals surface area (Å²) >= 11 is 6.41. The van der Waals surface area contributed by atoms with Crippen LogP contribution in [0.2, 0.25) is 5.02 Å². The minimum absolute atomic E-state index is 0.517. The van der Waals surface area contributed by atoms with Gasteiger partial charge in [0.05, 0.1) is 6.61 Å². The number of pyridine rings is 1. The van der Waals surface area contributed by atoms with Crippen LogP contribution in [0.4, 0.5) is 5.82 Å². The Bertz CT molecular complexity index is 672. The van der Waals surface area contributed by atoms with E-state index in [-0.39, 0.29) is 0 Å². The second-order valence-corrected chi connectivity index (χ2v) is 6.15. The van der Waals surface area contributed by atoms with E-state index in [2.05, 4.69) is 22.4 Å². The van der Waals surface area contributed by atoms with E-state index in [0.29, 0.717) is 18.2 Å². The van der Waals surface area contributed by atoms with Gasteiger partial charge in [0.25, 0.3) is 0 Å². The molecular weight excluding hydrogens is 324 g/mol. The molecule has 24 heavy (non-hydrogen) atoms. The normalized spacial score (nSPS) is 14.7. The molecule has 1 aromatic carbocycles. The maximum Gasteiger partial charge on any atom is 0.129 e. The van der Waals surface area contributed by atoms with Crippen molar-refractivity contribution in [2.75, 3.05) is 38.3 Å². The Morgan fingerprint density at radius 1 is 1.12 bits per heavy atom. The van der Waals surface area contributed by atoms with Crippen LogP contribution in [-0.4, -0.2) is 38.4 Å². The first-order chi connectivity index (χ1) is 11.8. The monoisotopic (exact) mass is 345 g/mol. The van der Waals surface area contributed by atoms with Crippen molar-refractivity contribution in [2.45, 2.75) is 12.8 Å². The molecule has 1 aromatic heterocycles. The van der Waals surface area contributed by atoms with Crippen molar-refractivity contribution in [3.05, 3.63) is 48.0 Å². The maximum atomic E-state index is 6.41. The van der Waals surface area contributed by atoms with Crippen LogP contribution in [0.15, 0.2) is 36.5 Å². The number of nitrogens with zero attached hydrogens (tertiary/aromatic N) is 2. The number of rotatable bonds is 6. The highest BCUT2D eigenvalue weighted by Crippen LogP contribution is 2.33. The quantitative estimate of drug-likeness (QED) is 0.734. The fraction of sp³-hybridized carbons (Fsp3) is 0.368. The van der Waals surface area contributed by atoms with E-state index in [9.17, 15) is 0 Å². The minimum Gasteiger partial charge on any atom is -0.491 e. The van der Waals surface area contributed by atoms with E-state index >= 15 is 0 Å². The summed E-state index contributed by atoms with van der Waals surface area (Å²) in [6, 6.07) is 9.81. The molecule has 4 nitrogen and oxygen atoms in total. The van der Waals surface area contributed by atoms with E-state index in [1.54, 1.807) is 7.11 Å². The molecule has 127 valence electrons. The molecule has 2 heterocycles. The zero-order valence-corrected chi connectivity index (χ0v) is 14.6. The van der Waals surface area contributed by atoms with Gasteiger partial charge in [0, 0.05) is 37.0 Å². The average molecular weight is 346 g/mol. The van der Waals surface area contributed by atoms with Crippen LogP contribution in [0, 0.1) is 6.42 Å². The Labute approximate surface area is 148 Å². The topological polar surface area (TPSA) is 34.6 Å². The Balaban J connectivity index is 1.83. The molecule has 0 aliphatic carbocycles. The summed E-state index contributed by atoms with van der Waals surface area (Å²) in [6.07, 6.45) is 6.39. The van der Waals surface area contributed by atoms with Gasteiger partial charge in [-0.05, 0) is 55.2 Å². The molecule has 0 N–H and O–H groups in total. The molecule has 0 amide bonds. The second-order valence-electron chi connectivity index (χ2n) is 5.74. The first kappa shape index (κ1) is 17.1. The van der Waals surface area contributed by atoms with Gasteiger partial charge < -0.3 is 14.4 Å². The lowest BCUT2D eigenvalue weighted by Crippen LogP contribution is -2.30. The molecule has 3 rings (SSSR count). The van der Waals surface area contributed by atoms with Gasteiger partial charge in [-0.3, -0.25) is 0 Å². The van der Waals surface area contributed by atoms with Gasteiger partial charge >= 0.3 is 0 Å². The van der Waals surface area contributed by atoms with Crippen molar-refractivity contribution in [1.29, 1.82) is 0 Å². The molecule has 1 aliphatic rings. The highest BCUT2D eigenvalue weighted by Gasteiger charge is 2.14. The molecule has 1 fully saturated rings. The third-order valence-corrected chi connectivity index (χ3v) is 4.41. The highest BCUT2D eigenvalue weighted by atomic mass is 35.5. The number of methoxy groups -OCH3 is 1. The average Bonchev–Trinajstić information content (AvgIpc) is 2.64. The summed E-state index contributed by atoms with van der Waals surface area (Å²) in [5.74, 6) is 1.79. The van der Waals surface area contributed by atoms with Gasteiger partial charge in [0.2, 0.25) is 0 Å². The van der Waals surface area contributed by atoms with Crippen molar-refractivity contribution >= 4 is 17.4 Å². The van der Waals surface area contributed by atoms with E-state index in [0.717, 1.165) is 48.6 Å². The molecule has 0 saturated carbocycles. The number of anilines is 1. The van der Waals surface area contributed by atoms with Crippen LogP contribution in [0.1, 0.15) is 12.8 Å². The summed E-state index contributed by atoms with van der Waals surface area (Å²) in [7, 11) is 1.66. The number of aromatic nitrogens is 1. The molecule has 1 saturated heterocycles. The van der Waals surface area contributed by atoms with Crippen molar-refractivity contribution in [3.63, 3.8) is 0 Å². The number of ether oxygens (including phenoxy) is 2. The smallest absolute Gasteiger partial charge is 0.129 e. The van der Waals surface area contributed by atoms with E-state index in [1.807, 2.05) is 30.5 Å². The maximum absolute atomic E-state index is 6.41. The van der Waals surface area contributed by atoms with Crippen LogP contribution < -0.4 is 9.64 Å². The predicted molar refractivity (Wildman–Crippen MR) is 97.8 cm³/mol. The first-order valence-corrected chi connectivity index (χ1v) is 8.60. The fourth-order valence-electron chi connectivity index (χ4n) is 2.80.